The van der Waals surface area contributed by atoms with E-state index in [0.29, 0.717) is 22.5 Å². The highest BCUT2D eigenvalue weighted by atomic mass is 32.2. The van der Waals surface area contributed by atoms with E-state index in [1.54, 1.807) is 38.1 Å². The molecule has 0 bridgehead atoms. The van der Waals surface area contributed by atoms with E-state index in [1.807, 2.05) is 0 Å². The second-order valence-corrected chi connectivity index (χ2v) is 23.0. The van der Waals surface area contributed by atoms with Gasteiger partial charge in [0.1, 0.15) is 21.2 Å². The van der Waals surface area contributed by atoms with Gasteiger partial charge in [-0.2, -0.15) is 87.7 Å². The van der Waals surface area contributed by atoms with E-state index in [9.17, 15) is 55.7 Å². The first-order valence-corrected chi connectivity index (χ1v) is 28.7. The minimum atomic E-state index is -4.87. The van der Waals surface area contributed by atoms with E-state index in [-0.39, 0.29) is 79.7 Å². The van der Waals surface area contributed by atoms with Crippen LogP contribution in [-0.4, -0.2) is 92.1 Å². The predicted molar refractivity (Wildman–Crippen MR) is 275 cm³/mol. The fraction of sp³-hybridized carbons (Fsp3) is 0.0930. The van der Waals surface area contributed by atoms with Crippen LogP contribution in [0.25, 0.3) is 0 Å². The summed E-state index contributed by atoms with van der Waals surface area (Å²) >= 11 is 0. The second kappa shape index (κ2) is 22.9. The molecule has 7 aromatic rings. The number of hydrogen-bond donors (Lipinski definition) is 8. The standard InChI is InChI=1S/C43H38N14O15S5/c1-25-21-29(7-15-35(25)54-56-37-17-9-31(23-39(37)76(67,68)69)52-50-27-3-11-33(12-4-27)74(61,62)63)45-42-47-41(44-19-20-73(58,59)60)48-43(49-42)46-30-8-16-36(26(2)22-30)55-57-38-18-10-32(24-40(38)77(70,71)72)53-51-28-5-13-34(14-6-28)75(64,65)66/h3-18,21-24H,19-20H2,1-2H3,(H,58,59,60)(H,61,62,63)(H,64,65,66)(H,67,68,69)(H,70,71,72)(H3,44,45,46,47,48,49)/b52-50-,53-51-,56-54-,57-55-. The van der Waals surface area contributed by atoms with Crippen LogP contribution in [0.3, 0.4) is 0 Å². The summed E-state index contributed by atoms with van der Waals surface area (Å²) < 4.78 is 165. The zero-order chi connectivity index (χ0) is 55.9. The summed E-state index contributed by atoms with van der Waals surface area (Å²) in [4.78, 5) is 10.9. The largest absolute Gasteiger partial charge is 0.353 e. The van der Waals surface area contributed by atoms with Gasteiger partial charge in [0, 0.05) is 17.9 Å². The van der Waals surface area contributed by atoms with Crippen molar-refractivity contribution in [2.24, 2.45) is 40.9 Å². The van der Waals surface area contributed by atoms with Crippen molar-refractivity contribution in [1.29, 1.82) is 0 Å². The quantitative estimate of drug-likeness (QED) is 0.0260. The molecule has 7 rings (SSSR count). The number of aromatic nitrogens is 3. The zero-order valence-corrected chi connectivity index (χ0v) is 43.3. The number of aryl methyl sites for hydroxylation is 2. The van der Waals surface area contributed by atoms with Crippen molar-refractivity contribution in [3.8, 4) is 0 Å². The van der Waals surface area contributed by atoms with Crippen LogP contribution in [-0.2, 0) is 50.6 Å². The first-order chi connectivity index (χ1) is 36.1. The van der Waals surface area contributed by atoms with Crippen molar-refractivity contribution in [3.63, 3.8) is 0 Å². The molecule has 8 N–H and O–H groups in total. The van der Waals surface area contributed by atoms with Crippen molar-refractivity contribution in [3.05, 3.63) is 132 Å². The summed E-state index contributed by atoms with van der Waals surface area (Å²) in [5.41, 5.74) is 2.09. The molecule has 1 heterocycles. The molecule has 0 radical (unpaired) electrons. The molecule has 0 aliphatic carbocycles. The molecule has 0 aliphatic heterocycles. The molecule has 77 heavy (non-hydrogen) atoms. The van der Waals surface area contributed by atoms with Crippen molar-refractivity contribution >= 4 is 125 Å². The maximum Gasteiger partial charge on any atom is 0.296 e. The Hall–Kier alpha value is -8.32. The Bertz CT molecular complexity index is 3890. The molecule has 0 amide bonds. The molecule has 0 atom stereocenters. The van der Waals surface area contributed by atoms with Gasteiger partial charge >= 0.3 is 0 Å². The van der Waals surface area contributed by atoms with Crippen molar-refractivity contribution in [2.45, 2.75) is 33.4 Å². The molecule has 29 nitrogen and oxygen atoms in total. The van der Waals surface area contributed by atoms with E-state index in [1.165, 1.54) is 60.7 Å². The van der Waals surface area contributed by atoms with E-state index >= 15 is 0 Å². The molecule has 400 valence electrons. The molecule has 0 saturated carbocycles. The SMILES string of the molecule is Cc1cc(Nc2nc(NCCS(=O)(=O)O)nc(Nc3ccc(/N=N\c4ccc(/N=N\c5ccc(S(=O)(=O)O)cc5)cc4S(=O)(=O)O)c(C)c3)n2)ccc1/N=N\c1ccc(/N=N\c2ccc(S(=O)(=O)O)cc2)cc1S(=O)(=O)O. The molecule has 0 unspecified atom stereocenters. The minimum absolute atomic E-state index is 0.0257. The van der Waals surface area contributed by atoms with Gasteiger partial charge in [-0.1, -0.05) is 0 Å². The topological polar surface area (TPSA) is 445 Å². The van der Waals surface area contributed by atoms with Gasteiger partial charge in [0.25, 0.3) is 50.6 Å². The smallest absolute Gasteiger partial charge is 0.296 e. The summed E-state index contributed by atoms with van der Waals surface area (Å²) in [5.74, 6) is -0.927. The molecule has 0 spiro atoms. The van der Waals surface area contributed by atoms with Crippen molar-refractivity contribution in [2.75, 3.05) is 28.2 Å². The lowest BCUT2D eigenvalue weighted by molar-refractivity contribution is 0.481. The monoisotopic (exact) mass is 1150 g/mol. The molecule has 0 aliphatic rings. The second-order valence-electron chi connectivity index (χ2n) is 15.8. The lowest BCUT2D eigenvalue weighted by Crippen LogP contribution is -2.17. The molecular formula is C43H38N14O15S5. The minimum Gasteiger partial charge on any atom is -0.353 e. The number of benzene rings is 6. The van der Waals surface area contributed by atoms with Gasteiger partial charge in [0.05, 0.1) is 49.7 Å². The number of hydrogen-bond acceptors (Lipinski definition) is 24. The summed E-state index contributed by atoms with van der Waals surface area (Å²) in [6.45, 7) is 3.01. The first-order valence-electron chi connectivity index (χ1n) is 21.3. The van der Waals surface area contributed by atoms with Crippen LogP contribution in [0.1, 0.15) is 11.1 Å². The third-order valence-electron chi connectivity index (χ3n) is 9.99. The van der Waals surface area contributed by atoms with Crippen LogP contribution in [0, 0.1) is 13.8 Å². The fourth-order valence-electron chi connectivity index (χ4n) is 6.33. The number of azo groups is 4. The molecule has 34 heteroatoms. The van der Waals surface area contributed by atoms with Crippen LogP contribution in [0.5, 0.6) is 0 Å². The summed E-state index contributed by atoms with van der Waals surface area (Å²) in [6.07, 6.45) is 0. The van der Waals surface area contributed by atoms with Crippen LogP contribution >= 0.6 is 0 Å². The van der Waals surface area contributed by atoms with Crippen LogP contribution in [0.4, 0.5) is 74.7 Å². The highest BCUT2D eigenvalue weighted by Gasteiger charge is 2.20. The van der Waals surface area contributed by atoms with Crippen molar-refractivity contribution in [1.82, 2.24) is 15.0 Å². The Labute approximate surface area is 437 Å². The average molecular weight is 1150 g/mol. The lowest BCUT2D eigenvalue weighted by Gasteiger charge is -2.12. The Balaban J connectivity index is 1.07. The first kappa shape index (κ1) is 56.4. The number of nitrogens with zero attached hydrogens (tertiary/aromatic N) is 11. The normalized spacial score (nSPS) is 12.8. The number of nitrogens with one attached hydrogen (secondary N) is 3. The van der Waals surface area contributed by atoms with E-state index in [4.69, 9.17) is 9.11 Å². The summed E-state index contributed by atoms with van der Waals surface area (Å²) in [7, 11) is -23.0. The molecule has 1 aromatic heterocycles. The Kier molecular flexibility index (Phi) is 16.8. The third-order valence-corrected chi connectivity index (χ3v) is 14.2. The van der Waals surface area contributed by atoms with Gasteiger partial charge < -0.3 is 16.0 Å². The number of rotatable bonds is 20. The average Bonchev–Trinajstić information content (AvgIpc) is 3.34. The zero-order valence-electron chi connectivity index (χ0n) is 39.2. The third kappa shape index (κ3) is 16.1. The highest BCUT2D eigenvalue weighted by molar-refractivity contribution is 7.87. The van der Waals surface area contributed by atoms with Gasteiger partial charge in [-0.15, -0.1) is 10.2 Å². The Morgan fingerprint density at radius 1 is 0.390 bits per heavy atom. The summed E-state index contributed by atoms with van der Waals surface area (Å²) in [6, 6.07) is 25.8. The maximum absolute atomic E-state index is 12.3. The van der Waals surface area contributed by atoms with E-state index in [2.05, 4.69) is 71.8 Å². The number of anilines is 5. The Morgan fingerprint density at radius 2 is 0.727 bits per heavy atom. The van der Waals surface area contributed by atoms with Gasteiger partial charge in [0.15, 0.2) is 0 Å². The fourth-order valence-corrected chi connectivity index (χ4v) is 8.94. The van der Waals surface area contributed by atoms with Crippen LogP contribution in [0.15, 0.2) is 182 Å². The molecule has 6 aromatic carbocycles. The highest BCUT2D eigenvalue weighted by Crippen LogP contribution is 2.35. The molecule has 0 saturated heterocycles. The van der Waals surface area contributed by atoms with Gasteiger partial charge in [-0.05, 0) is 146 Å². The summed E-state index contributed by atoms with van der Waals surface area (Å²) in [5, 5.41) is 40.7. The van der Waals surface area contributed by atoms with E-state index in [0.717, 1.165) is 36.4 Å². The van der Waals surface area contributed by atoms with Gasteiger partial charge in [0.2, 0.25) is 17.8 Å². The lowest BCUT2D eigenvalue weighted by atomic mass is 10.2. The molecular weight excluding hydrogens is 1110 g/mol. The van der Waals surface area contributed by atoms with Crippen LogP contribution in [0.2, 0.25) is 0 Å². The van der Waals surface area contributed by atoms with Crippen LogP contribution < -0.4 is 16.0 Å². The Morgan fingerprint density at radius 3 is 1.08 bits per heavy atom. The predicted octanol–water partition coefficient (Wildman–Crippen LogP) is 9.92. The van der Waals surface area contributed by atoms with Crippen molar-refractivity contribution < 1.29 is 64.9 Å². The van der Waals surface area contributed by atoms with E-state index < -0.39 is 66.1 Å². The maximum atomic E-state index is 12.3. The molecule has 0 fully saturated rings. The van der Waals surface area contributed by atoms with Gasteiger partial charge in [-0.3, -0.25) is 22.8 Å². The van der Waals surface area contributed by atoms with Gasteiger partial charge in [-0.25, -0.2) is 0 Å².